The fraction of sp³-hybridized carbons (Fsp3) is 0.357. The number of sulfonamides is 1. The summed E-state index contributed by atoms with van der Waals surface area (Å²) < 4.78 is 22.8. The molecule has 0 aliphatic carbocycles. The van der Waals surface area contributed by atoms with Gasteiger partial charge in [0.05, 0.1) is 4.90 Å². The number of anilines is 2. The van der Waals surface area contributed by atoms with Crippen LogP contribution in [0.2, 0.25) is 0 Å². The third-order valence-corrected chi connectivity index (χ3v) is 5.46. The second-order valence-electron chi connectivity index (χ2n) is 5.29. The Bertz CT molecular complexity index is 723. The van der Waals surface area contributed by atoms with E-state index in [2.05, 4.69) is 15.2 Å². The van der Waals surface area contributed by atoms with Crippen LogP contribution >= 0.6 is 11.3 Å². The molecule has 118 valence electrons. The maximum Gasteiger partial charge on any atom is 0.238 e. The highest BCUT2D eigenvalue weighted by atomic mass is 32.2. The second kappa shape index (κ2) is 6.23. The van der Waals surface area contributed by atoms with Crippen LogP contribution in [0.3, 0.4) is 0 Å². The van der Waals surface area contributed by atoms with E-state index in [1.54, 1.807) is 23.5 Å². The van der Waals surface area contributed by atoms with Crippen LogP contribution in [0, 0.1) is 0 Å². The number of hydrogen-bond acceptors (Lipinski definition) is 6. The molecular formula is C14H18N4O2S2. The Morgan fingerprint density at radius 1 is 1.32 bits per heavy atom. The van der Waals surface area contributed by atoms with Gasteiger partial charge in [-0.15, -0.1) is 11.3 Å². The lowest BCUT2D eigenvalue weighted by molar-refractivity contribution is 0.526. The second-order valence-corrected chi connectivity index (χ2v) is 7.73. The number of nitrogens with one attached hydrogen (secondary N) is 1. The lowest BCUT2D eigenvalue weighted by Gasteiger charge is -2.32. The molecule has 0 bridgehead atoms. The predicted octanol–water partition coefficient (Wildman–Crippen LogP) is 1.87. The van der Waals surface area contributed by atoms with Crippen LogP contribution in [0.5, 0.6) is 0 Å². The monoisotopic (exact) mass is 338 g/mol. The van der Waals surface area contributed by atoms with Crippen LogP contribution in [-0.2, 0) is 10.0 Å². The third-order valence-electron chi connectivity index (χ3n) is 3.72. The van der Waals surface area contributed by atoms with Gasteiger partial charge in [-0.1, -0.05) is 6.07 Å². The Labute approximate surface area is 134 Å². The highest BCUT2D eigenvalue weighted by molar-refractivity contribution is 7.89. The summed E-state index contributed by atoms with van der Waals surface area (Å²) in [5.74, 6) is 0. The summed E-state index contributed by atoms with van der Waals surface area (Å²) in [4.78, 5) is 6.75. The number of rotatable bonds is 4. The van der Waals surface area contributed by atoms with Crippen molar-refractivity contribution in [3.63, 3.8) is 0 Å². The summed E-state index contributed by atoms with van der Waals surface area (Å²) in [5.41, 5.74) is 0.791. The van der Waals surface area contributed by atoms with Crippen LogP contribution < -0.4 is 15.4 Å². The normalized spacial score (nSPS) is 16.7. The van der Waals surface area contributed by atoms with Crippen molar-refractivity contribution in [3.05, 3.63) is 35.8 Å². The van der Waals surface area contributed by atoms with Crippen molar-refractivity contribution in [3.8, 4) is 0 Å². The summed E-state index contributed by atoms with van der Waals surface area (Å²) in [6, 6.07) is 6.98. The number of aromatic nitrogens is 1. The number of nitrogens with zero attached hydrogens (tertiary/aromatic N) is 2. The summed E-state index contributed by atoms with van der Waals surface area (Å²) in [6.45, 7) is 1.89. The number of nitrogens with two attached hydrogens (primary N) is 1. The number of primary sulfonamides is 1. The van der Waals surface area contributed by atoms with Crippen LogP contribution in [-0.4, -0.2) is 32.5 Å². The van der Waals surface area contributed by atoms with Crippen molar-refractivity contribution < 1.29 is 8.42 Å². The molecular weight excluding hydrogens is 320 g/mol. The molecule has 0 unspecified atom stereocenters. The van der Waals surface area contributed by atoms with E-state index in [-0.39, 0.29) is 4.90 Å². The molecule has 1 aromatic carbocycles. The van der Waals surface area contributed by atoms with Gasteiger partial charge in [0.25, 0.3) is 0 Å². The summed E-state index contributed by atoms with van der Waals surface area (Å²) in [5, 5.41) is 11.6. The zero-order valence-electron chi connectivity index (χ0n) is 12.0. The fourth-order valence-corrected chi connectivity index (χ4v) is 3.84. The van der Waals surface area contributed by atoms with Gasteiger partial charge in [0.1, 0.15) is 0 Å². The molecule has 1 saturated heterocycles. The van der Waals surface area contributed by atoms with Gasteiger partial charge in [-0.2, -0.15) is 0 Å². The van der Waals surface area contributed by atoms with Crippen LogP contribution in [0.25, 0.3) is 0 Å². The van der Waals surface area contributed by atoms with E-state index in [0.717, 1.165) is 36.8 Å². The molecule has 0 spiro atoms. The van der Waals surface area contributed by atoms with Gasteiger partial charge in [-0.25, -0.2) is 18.5 Å². The zero-order chi connectivity index (χ0) is 15.6. The molecule has 1 fully saturated rings. The van der Waals surface area contributed by atoms with Gasteiger partial charge >= 0.3 is 0 Å². The number of thiazole rings is 1. The van der Waals surface area contributed by atoms with Crippen LogP contribution in [0.15, 0.2) is 40.7 Å². The Morgan fingerprint density at radius 2 is 2.09 bits per heavy atom. The third kappa shape index (κ3) is 3.57. The highest BCUT2D eigenvalue weighted by Gasteiger charge is 2.20. The fourth-order valence-electron chi connectivity index (χ4n) is 2.59. The molecule has 6 nitrogen and oxygen atoms in total. The smallest absolute Gasteiger partial charge is 0.238 e. The summed E-state index contributed by atoms with van der Waals surface area (Å²) in [6.07, 6.45) is 3.79. The van der Waals surface area contributed by atoms with Crippen LogP contribution in [0.1, 0.15) is 12.8 Å². The maximum atomic E-state index is 11.4. The van der Waals surface area contributed by atoms with Gasteiger partial charge in [0.2, 0.25) is 10.0 Å². The van der Waals surface area contributed by atoms with E-state index in [4.69, 9.17) is 5.14 Å². The average molecular weight is 338 g/mol. The Balaban J connectivity index is 1.61. The van der Waals surface area contributed by atoms with Crippen molar-refractivity contribution in [1.82, 2.24) is 4.98 Å². The SMILES string of the molecule is NS(=O)(=O)c1cccc(NC2CCN(c3nccs3)CC2)c1. The van der Waals surface area contributed by atoms with Crippen molar-refractivity contribution in [2.24, 2.45) is 5.14 Å². The molecule has 3 N–H and O–H groups in total. The summed E-state index contributed by atoms with van der Waals surface area (Å²) in [7, 11) is -3.66. The minimum atomic E-state index is -3.66. The molecule has 8 heteroatoms. The average Bonchev–Trinajstić information content (AvgIpc) is 3.02. The van der Waals surface area contributed by atoms with E-state index >= 15 is 0 Å². The molecule has 2 heterocycles. The molecule has 1 aromatic heterocycles. The van der Waals surface area contributed by atoms with Gasteiger partial charge in [0.15, 0.2) is 5.13 Å². The molecule has 3 rings (SSSR count). The number of hydrogen-bond donors (Lipinski definition) is 2. The minimum Gasteiger partial charge on any atom is -0.382 e. The molecule has 0 radical (unpaired) electrons. The molecule has 0 atom stereocenters. The van der Waals surface area contributed by atoms with Gasteiger partial charge in [-0.05, 0) is 31.0 Å². The van der Waals surface area contributed by atoms with Crippen LogP contribution in [0.4, 0.5) is 10.8 Å². The lowest BCUT2D eigenvalue weighted by Crippen LogP contribution is -2.39. The molecule has 0 saturated carbocycles. The Kier molecular flexibility index (Phi) is 4.32. The highest BCUT2D eigenvalue weighted by Crippen LogP contribution is 2.24. The molecule has 22 heavy (non-hydrogen) atoms. The first-order valence-corrected chi connectivity index (χ1v) is 9.49. The quantitative estimate of drug-likeness (QED) is 0.888. The van der Waals surface area contributed by atoms with E-state index in [0.29, 0.717) is 6.04 Å². The molecule has 0 amide bonds. The first-order valence-electron chi connectivity index (χ1n) is 7.06. The van der Waals surface area contributed by atoms with Crippen molar-refractivity contribution in [2.45, 2.75) is 23.8 Å². The van der Waals surface area contributed by atoms with E-state index in [1.165, 1.54) is 6.07 Å². The van der Waals surface area contributed by atoms with Gasteiger partial charge in [-0.3, -0.25) is 0 Å². The minimum absolute atomic E-state index is 0.137. The van der Waals surface area contributed by atoms with E-state index in [9.17, 15) is 8.42 Å². The zero-order valence-corrected chi connectivity index (χ0v) is 13.6. The van der Waals surface area contributed by atoms with Gasteiger partial charge < -0.3 is 10.2 Å². The van der Waals surface area contributed by atoms with Crippen molar-refractivity contribution in [2.75, 3.05) is 23.3 Å². The molecule has 1 aliphatic heterocycles. The number of piperidine rings is 1. The van der Waals surface area contributed by atoms with E-state index in [1.807, 2.05) is 17.6 Å². The number of benzene rings is 1. The molecule has 1 aliphatic rings. The maximum absolute atomic E-state index is 11.4. The summed E-state index contributed by atoms with van der Waals surface area (Å²) >= 11 is 1.65. The first kappa shape index (κ1) is 15.3. The Morgan fingerprint density at radius 3 is 2.73 bits per heavy atom. The predicted molar refractivity (Wildman–Crippen MR) is 88.8 cm³/mol. The molecule has 2 aromatic rings. The van der Waals surface area contributed by atoms with Crippen molar-refractivity contribution >= 4 is 32.2 Å². The van der Waals surface area contributed by atoms with Gasteiger partial charge in [0, 0.05) is 36.4 Å². The van der Waals surface area contributed by atoms with Crippen molar-refractivity contribution in [1.29, 1.82) is 0 Å². The largest absolute Gasteiger partial charge is 0.382 e. The standard InChI is InChI=1S/C14H18N4O2S2/c15-22(19,20)13-3-1-2-12(10-13)17-11-4-7-18(8-5-11)14-16-6-9-21-14/h1-3,6,9-11,17H,4-5,7-8H2,(H2,15,19,20). The Hall–Kier alpha value is -1.64. The first-order chi connectivity index (χ1) is 10.5. The lowest BCUT2D eigenvalue weighted by atomic mass is 10.1. The van der Waals surface area contributed by atoms with E-state index < -0.39 is 10.0 Å². The topological polar surface area (TPSA) is 88.3 Å².